The molecule has 1 saturated carbocycles. The van der Waals surface area contributed by atoms with Crippen LogP contribution in [-0.4, -0.2) is 22.4 Å². The molecule has 1 fully saturated rings. The summed E-state index contributed by atoms with van der Waals surface area (Å²) in [6.45, 7) is 2.52. The predicted molar refractivity (Wildman–Crippen MR) is 60.5 cm³/mol. The van der Waals surface area contributed by atoms with Crippen LogP contribution in [0.1, 0.15) is 19.8 Å². The topological polar surface area (TPSA) is 80.9 Å². The number of hydrogen-bond acceptors (Lipinski definition) is 4. The first-order chi connectivity index (χ1) is 7.66. The van der Waals surface area contributed by atoms with E-state index in [1.807, 2.05) is 0 Å². The monoisotopic (exact) mass is 220 g/mol. The largest absolute Gasteiger partial charge is 0.329 e. The zero-order chi connectivity index (χ0) is 11.6. The number of amides is 1. The third-order valence-electron chi connectivity index (χ3n) is 3.16. The molecule has 5 heteroatoms. The van der Waals surface area contributed by atoms with Crippen molar-refractivity contribution in [3.8, 4) is 0 Å². The third-order valence-corrected chi connectivity index (χ3v) is 3.16. The average Bonchev–Trinajstić information content (AvgIpc) is 2.25. The summed E-state index contributed by atoms with van der Waals surface area (Å²) in [7, 11) is 0. The van der Waals surface area contributed by atoms with E-state index in [9.17, 15) is 4.79 Å². The van der Waals surface area contributed by atoms with Crippen LogP contribution in [0.4, 0.5) is 5.82 Å². The second-order valence-corrected chi connectivity index (χ2v) is 4.54. The highest BCUT2D eigenvalue weighted by Crippen LogP contribution is 2.45. The van der Waals surface area contributed by atoms with Gasteiger partial charge in [-0.3, -0.25) is 9.78 Å². The van der Waals surface area contributed by atoms with Gasteiger partial charge in [0, 0.05) is 18.9 Å². The predicted octanol–water partition coefficient (Wildman–Crippen LogP) is 0.790. The maximum Gasteiger partial charge on any atom is 0.233 e. The van der Waals surface area contributed by atoms with E-state index in [4.69, 9.17) is 5.73 Å². The van der Waals surface area contributed by atoms with Gasteiger partial charge in [-0.15, -0.1) is 0 Å². The van der Waals surface area contributed by atoms with Gasteiger partial charge in [-0.25, -0.2) is 4.98 Å². The van der Waals surface area contributed by atoms with Gasteiger partial charge in [0.05, 0.1) is 11.6 Å². The molecule has 0 aliphatic heterocycles. The van der Waals surface area contributed by atoms with E-state index >= 15 is 0 Å². The van der Waals surface area contributed by atoms with Crippen LogP contribution in [0.25, 0.3) is 0 Å². The molecular formula is C11H16N4O. The maximum atomic E-state index is 12.0. The van der Waals surface area contributed by atoms with E-state index in [1.54, 1.807) is 12.4 Å². The lowest BCUT2D eigenvalue weighted by atomic mass is 9.62. The van der Waals surface area contributed by atoms with Crippen molar-refractivity contribution in [3.05, 3.63) is 18.6 Å². The molecule has 3 N–H and O–H groups in total. The first-order valence-corrected chi connectivity index (χ1v) is 5.44. The molecule has 1 aromatic rings. The second-order valence-electron chi connectivity index (χ2n) is 4.54. The van der Waals surface area contributed by atoms with Crippen molar-refractivity contribution in [1.29, 1.82) is 0 Å². The van der Waals surface area contributed by atoms with Crippen LogP contribution in [0.5, 0.6) is 0 Å². The molecule has 0 spiro atoms. The van der Waals surface area contributed by atoms with Crippen molar-refractivity contribution in [2.45, 2.75) is 19.8 Å². The standard InChI is InChI=1S/C11H16N4O/c1-8-4-11(5-8,7-12)10(16)15-9-6-13-2-3-14-9/h2-3,6,8H,4-5,7,12H2,1H3,(H,14,15,16). The summed E-state index contributed by atoms with van der Waals surface area (Å²) < 4.78 is 0. The van der Waals surface area contributed by atoms with Gasteiger partial charge >= 0.3 is 0 Å². The van der Waals surface area contributed by atoms with Crippen molar-refractivity contribution in [2.75, 3.05) is 11.9 Å². The number of hydrogen-bond donors (Lipinski definition) is 2. The number of carbonyl (C=O) groups is 1. The number of aromatic nitrogens is 2. The van der Waals surface area contributed by atoms with Crippen LogP contribution in [0, 0.1) is 11.3 Å². The highest BCUT2D eigenvalue weighted by molar-refractivity contribution is 5.95. The van der Waals surface area contributed by atoms with E-state index in [0.717, 1.165) is 12.8 Å². The number of nitrogens with two attached hydrogens (primary N) is 1. The molecule has 0 atom stereocenters. The number of rotatable bonds is 3. The Bertz CT molecular complexity index is 373. The minimum absolute atomic E-state index is 0.0337. The molecular weight excluding hydrogens is 204 g/mol. The first kappa shape index (κ1) is 11.0. The fourth-order valence-electron chi connectivity index (χ4n) is 2.33. The lowest BCUT2D eigenvalue weighted by Crippen LogP contribution is -2.51. The van der Waals surface area contributed by atoms with Gasteiger partial charge < -0.3 is 11.1 Å². The van der Waals surface area contributed by atoms with E-state index in [0.29, 0.717) is 18.3 Å². The molecule has 0 aromatic carbocycles. The molecule has 0 unspecified atom stereocenters. The van der Waals surface area contributed by atoms with Crippen LogP contribution in [0.2, 0.25) is 0 Å². The highest BCUT2D eigenvalue weighted by atomic mass is 16.2. The normalized spacial score (nSPS) is 28.2. The Kier molecular flexibility index (Phi) is 2.87. The van der Waals surface area contributed by atoms with Gasteiger partial charge in [-0.05, 0) is 18.8 Å². The average molecular weight is 220 g/mol. The Hall–Kier alpha value is -1.49. The van der Waals surface area contributed by atoms with Crippen LogP contribution >= 0.6 is 0 Å². The van der Waals surface area contributed by atoms with E-state index in [-0.39, 0.29) is 5.91 Å². The summed E-state index contributed by atoms with van der Waals surface area (Å²) in [5, 5.41) is 2.76. The molecule has 0 bridgehead atoms. The van der Waals surface area contributed by atoms with E-state index in [1.165, 1.54) is 6.20 Å². The van der Waals surface area contributed by atoms with Crippen LogP contribution in [-0.2, 0) is 4.79 Å². The van der Waals surface area contributed by atoms with Crippen molar-refractivity contribution in [1.82, 2.24) is 9.97 Å². The quantitative estimate of drug-likeness (QED) is 0.789. The smallest absolute Gasteiger partial charge is 0.233 e. The number of anilines is 1. The molecule has 2 rings (SSSR count). The molecule has 1 aromatic heterocycles. The van der Waals surface area contributed by atoms with E-state index in [2.05, 4.69) is 22.2 Å². The van der Waals surface area contributed by atoms with Crippen LogP contribution < -0.4 is 11.1 Å². The molecule has 86 valence electrons. The summed E-state index contributed by atoms with van der Waals surface area (Å²) >= 11 is 0. The van der Waals surface area contributed by atoms with Crippen molar-refractivity contribution in [2.24, 2.45) is 17.1 Å². The van der Waals surface area contributed by atoms with Crippen molar-refractivity contribution in [3.63, 3.8) is 0 Å². The second kappa shape index (κ2) is 4.17. The van der Waals surface area contributed by atoms with Gasteiger partial charge in [-0.1, -0.05) is 6.92 Å². The molecule has 5 nitrogen and oxygen atoms in total. The summed E-state index contributed by atoms with van der Waals surface area (Å²) in [5.74, 6) is 1.03. The Morgan fingerprint density at radius 1 is 1.62 bits per heavy atom. The SMILES string of the molecule is CC1CC(CN)(C(=O)Nc2cnccn2)C1. The first-order valence-electron chi connectivity index (χ1n) is 5.44. The number of nitrogens with one attached hydrogen (secondary N) is 1. The fourth-order valence-corrected chi connectivity index (χ4v) is 2.33. The maximum absolute atomic E-state index is 12.0. The van der Waals surface area contributed by atoms with Crippen LogP contribution in [0.3, 0.4) is 0 Å². The summed E-state index contributed by atoms with van der Waals surface area (Å²) in [4.78, 5) is 19.9. The molecule has 0 radical (unpaired) electrons. The lowest BCUT2D eigenvalue weighted by molar-refractivity contribution is -0.132. The van der Waals surface area contributed by atoms with Gasteiger partial charge in [0.2, 0.25) is 5.91 Å². The van der Waals surface area contributed by atoms with Gasteiger partial charge in [0.25, 0.3) is 0 Å². The Labute approximate surface area is 94.5 Å². The Balaban J connectivity index is 2.03. The lowest BCUT2D eigenvalue weighted by Gasteiger charge is -2.44. The fraction of sp³-hybridized carbons (Fsp3) is 0.545. The minimum atomic E-state index is -0.392. The zero-order valence-electron chi connectivity index (χ0n) is 9.31. The summed E-state index contributed by atoms with van der Waals surface area (Å²) in [6, 6.07) is 0. The van der Waals surface area contributed by atoms with Gasteiger partial charge in [0.15, 0.2) is 5.82 Å². The molecule has 16 heavy (non-hydrogen) atoms. The van der Waals surface area contributed by atoms with Crippen molar-refractivity contribution < 1.29 is 4.79 Å². The van der Waals surface area contributed by atoms with E-state index < -0.39 is 5.41 Å². The number of nitrogens with zero attached hydrogens (tertiary/aromatic N) is 2. The Morgan fingerprint density at radius 2 is 2.38 bits per heavy atom. The minimum Gasteiger partial charge on any atom is -0.329 e. The van der Waals surface area contributed by atoms with Crippen molar-refractivity contribution >= 4 is 11.7 Å². The molecule has 1 amide bonds. The molecule has 1 aliphatic rings. The Morgan fingerprint density at radius 3 is 2.88 bits per heavy atom. The van der Waals surface area contributed by atoms with Gasteiger partial charge in [0.1, 0.15) is 0 Å². The summed E-state index contributed by atoms with van der Waals surface area (Å²) in [6.07, 6.45) is 6.36. The summed E-state index contributed by atoms with van der Waals surface area (Å²) in [5.41, 5.74) is 5.30. The number of carbonyl (C=O) groups excluding carboxylic acids is 1. The molecule has 1 heterocycles. The zero-order valence-corrected chi connectivity index (χ0v) is 9.31. The van der Waals surface area contributed by atoms with Gasteiger partial charge in [-0.2, -0.15) is 0 Å². The molecule has 1 aliphatic carbocycles. The molecule has 0 saturated heterocycles. The van der Waals surface area contributed by atoms with Crippen LogP contribution in [0.15, 0.2) is 18.6 Å². The third kappa shape index (κ3) is 1.90. The highest BCUT2D eigenvalue weighted by Gasteiger charge is 2.47.